The number of methoxy groups -OCH3 is 1. The van der Waals surface area contributed by atoms with E-state index < -0.39 is 0 Å². The Balaban J connectivity index is 1.99. The number of carbonyl (C=O) groups is 1. The highest BCUT2D eigenvalue weighted by Crippen LogP contribution is 2.30. The second-order valence-corrected chi connectivity index (χ2v) is 6.92. The summed E-state index contributed by atoms with van der Waals surface area (Å²) in [7, 11) is 5.54. The Kier molecular flexibility index (Phi) is 6.24. The number of aliphatic imine (C=N–C) groups is 1. The van der Waals surface area contributed by atoms with Crippen LogP contribution in [0.5, 0.6) is 5.75 Å². The van der Waals surface area contributed by atoms with Crippen LogP contribution in [0.1, 0.15) is 28.7 Å². The molecule has 0 atom stereocenters. The minimum atomic E-state index is -0.255. The summed E-state index contributed by atoms with van der Waals surface area (Å²) in [6, 6.07) is 14.0. The molecule has 0 saturated carbocycles. The van der Waals surface area contributed by atoms with Crippen molar-refractivity contribution >= 4 is 11.7 Å². The van der Waals surface area contributed by atoms with Crippen molar-refractivity contribution in [1.82, 2.24) is 4.90 Å². The SMILES string of the molecule is COC(=O)Cc1ccc2c(c1)/C(=N/CCCN(C)C)c1ccccc1CO2. The van der Waals surface area contributed by atoms with Crippen LogP contribution in [-0.4, -0.2) is 50.9 Å². The van der Waals surface area contributed by atoms with E-state index in [1.54, 1.807) is 0 Å². The zero-order chi connectivity index (χ0) is 19.2. The van der Waals surface area contributed by atoms with E-state index in [2.05, 4.69) is 31.1 Å². The molecule has 27 heavy (non-hydrogen) atoms. The highest BCUT2D eigenvalue weighted by molar-refractivity contribution is 6.15. The van der Waals surface area contributed by atoms with Crippen molar-refractivity contribution in [3.05, 3.63) is 64.7 Å². The molecule has 0 aromatic heterocycles. The summed E-state index contributed by atoms with van der Waals surface area (Å²) in [5.74, 6) is 0.542. The maximum atomic E-state index is 11.7. The molecule has 0 aliphatic carbocycles. The smallest absolute Gasteiger partial charge is 0.309 e. The fraction of sp³-hybridized carbons (Fsp3) is 0.364. The first kappa shape index (κ1) is 19.1. The molecular weight excluding hydrogens is 340 g/mol. The Labute approximate surface area is 160 Å². The number of benzene rings is 2. The molecule has 1 heterocycles. The van der Waals surface area contributed by atoms with Gasteiger partial charge in [-0.2, -0.15) is 0 Å². The van der Waals surface area contributed by atoms with Gasteiger partial charge < -0.3 is 14.4 Å². The molecule has 1 aliphatic heterocycles. The molecular formula is C22H26N2O3. The molecule has 3 rings (SSSR count). The van der Waals surface area contributed by atoms with E-state index in [0.717, 1.165) is 53.2 Å². The lowest BCUT2D eigenvalue weighted by Gasteiger charge is -2.12. The molecule has 0 bridgehead atoms. The molecule has 0 unspecified atom stereocenters. The quantitative estimate of drug-likeness (QED) is 0.582. The van der Waals surface area contributed by atoms with Crippen LogP contribution >= 0.6 is 0 Å². The van der Waals surface area contributed by atoms with Crippen LogP contribution in [0.15, 0.2) is 47.5 Å². The van der Waals surface area contributed by atoms with Gasteiger partial charge in [-0.15, -0.1) is 0 Å². The summed E-state index contributed by atoms with van der Waals surface area (Å²) in [6.45, 7) is 2.24. The monoisotopic (exact) mass is 366 g/mol. The third-order valence-corrected chi connectivity index (χ3v) is 4.56. The summed E-state index contributed by atoms with van der Waals surface area (Å²) in [5.41, 5.74) is 4.98. The fourth-order valence-corrected chi connectivity index (χ4v) is 3.16. The average Bonchev–Trinajstić information content (AvgIpc) is 2.82. The van der Waals surface area contributed by atoms with Gasteiger partial charge >= 0.3 is 5.97 Å². The Bertz CT molecular complexity index is 843. The number of ether oxygens (including phenoxy) is 2. The van der Waals surface area contributed by atoms with E-state index in [1.807, 2.05) is 30.3 Å². The number of carbonyl (C=O) groups excluding carboxylic acids is 1. The van der Waals surface area contributed by atoms with Crippen molar-refractivity contribution in [2.75, 3.05) is 34.3 Å². The molecule has 142 valence electrons. The molecule has 2 aromatic carbocycles. The highest BCUT2D eigenvalue weighted by Gasteiger charge is 2.21. The Morgan fingerprint density at radius 3 is 2.78 bits per heavy atom. The third-order valence-electron chi connectivity index (χ3n) is 4.56. The lowest BCUT2D eigenvalue weighted by Crippen LogP contribution is -2.14. The molecule has 0 amide bonds. The maximum absolute atomic E-state index is 11.7. The molecule has 0 saturated heterocycles. The van der Waals surface area contributed by atoms with Crippen LogP contribution in [0.4, 0.5) is 0 Å². The van der Waals surface area contributed by atoms with E-state index in [9.17, 15) is 4.79 Å². The second kappa shape index (κ2) is 8.82. The Morgan fingerprint density at radius 1 is 1.19 bits per heavy atom. The molecule has 0 N–H and O–H groups in total. The third kappa shape index (κ3) is 4.74. The van der Waals surface area contributed by atoms with Gasteiger partial charge in [0.05, 0.1) is 19.2 Å². The summed E-state index contributed by atoms with van der Waals surface area (Å²) in [4.78, 5) is 18.8. The van der Waals surface area contributed by atoms with Crippen LogP contribution in [0.25, 0.3) is 0 Å². The molecule has 5 nitrogen and oxygen atoms in total. The standard InChI is InChI=1S/C22H26N2O3/c1-24(2)12-6-11-23-22-18-8-5-4-7-17(18)15-27-20-10-9-16(13-19(20)22)14-21(25)26-3/h4-5,7-10,13H,6,11-12,14-15H2,1-3H3/b23-22+. The molecule has 2 aromatic rings. The first-order chi connectivity index (χ1) is 13.1. The number of nitrogens with zero attached hydrogens (tertiary/aromatic N) is 2. The molecule has 0 spiro atoms. The lowest BCUT2D eigenvalue weighted by atomic mass is 9.96. The minimum Gasteiger partial charge on any atom is -0.488 e. The molecule has 5 heteroatoms. The number of rotatable bonds is 6. The van der Waals surface area contributed by atoms with Gasteiger partial charge in [-0.25, -0.2) is 0 Å². The largest absolute Gasteiger partial charge is 0.488 e. The normalized spacial score (nSPS) is 14.3. The zero-order valence-corrected chi connectivity index (χ0v) is 16.2. The second-order valence-electron chi connectivity index (χ2n) is 6.92. The van der Waals surface area contributed by atoms with Gasteiger partial charge in [-0.1, -0.05) is 30.3 Å². The molecule has 0 radical (unpaired) electrons. The fourth-order valence-electron chi connectivity index (χ4n) is 3.16. The zero-order valence-electron chi connectivity index (χ0n) is 16.2. The minimum absolute atomic E-state index is 0.235. The van der Waals surface area contributed by atoms with E-state index >= 15 is 0 Å². The van der Waals surface area contributed by atoms with Crippen molar-refractivity contribution in [3.63, 3.8) is 0 Å². The van der Waals surface area contributed by atoms with Crippen LogP contribution in [0.3, 0.4) is 0 Å². The van der Waals surface area contributed by atoms with E-state index in [1.165, 1.54) is 7.11 Å². The Morgan fingerprint density at radius 2 is 2.00 bits per heavy atom. The first-order valence-corrected chi connectivity index (χ1v) is 9.19. The number of hydrogen-bond donors (Lipinski definition) is 0. The van der Waals surface area contributed by atoms with E-state index in [0.29, 0.717) is 6.61 Å². The van der Waals surface area contributed by atoms with Gasteiger partial charge in [-0.3, -0.25) is 9.79 Å². The number of esters is 1. The van der Waals surface area contributed by atoms with Crippen molar-refractivity contribution < 1.29 is 14.3 Å². The lowest BCUT2D eigenvalue weighted by molar-refractivity contribution is -0.139. The van der Waals surface area contributed by atoms with Crippen LogP contribution < -0.4 is 4.74 Å². The number of hydrogen-bond acceptors (Lipinski definition) is 5. The Hall–Kier alpha value is -2.66. The van der Waals surface area contributed by atoms with E-state index in [4.69, 9.17) is 14.5 Å². The van der Waals surface area contributed by atoms with Crippen LogP contribution in [-0.2, 0) is 22.6 Å². The van der Waals surface area contributed by atoms with Gasteiger partial charge in [0.2, 0.25) is 0 Å². The average molecular weight is 366 g/mol. The summed E-state index contributed by atoms with van der Waals surface area (Å²) < 4.78 is 10.8. The van der Waals surface area contributed by atoms with Gasteiger partial charge in [0.25, 0.3) is 0 Å². The van der Waals surface area contributed by atoms with Gasteiger partial charge in [0.1, 0.15) is 12.4 Å². The van der Waals surface area contributed by atoms with Crippen LogP contribution in [0, 0.1) is 0 Å². The first-order valence-electron chi connectivity index (χ1n) is 9.19. The van der Waals surface area contributed by atoms with Crippen molar-refractivity contribution in [2.45, 2.75) is 19.4 Å². The summed E-state index contributed by atoms with van der Waals surface area (Å²) in [6.07, 6.45) is 1.22. The topological polar surface area (TPSA) is 51.1 Å². The molecule has 0 fully saturated rings. The van der Waals surface area contributed by atoms with Gasteiger partial charge in [0, 0.05) is 17.7 Å². The molecule has 1 aliphatic rings. The maximum Gasteiger partial charge on any atom is 0.309 e. The summed E-state index contributed by atoms with van der Waals surface area (Å²) in [5, 5.41) is 0. The van der Waals surface area contributed by atoms with Crippen LogP contribution in [0.2, 0.25) is 0 Å². The van der Waals surface area contributed by atoms with E-state index in [-0.39, 0.29) is 12.4 Å². The van der Waals surface area contributed by atoms with Gasteiger partial charge in [0.15, 0.2) is 0 Å². The predicted octanol–water partition coefficient (Wildman–Crippen LogP) is 3.08. The van der Waals surface area contributed by atoms with Crippen molar-refractivity contribution in [2.24, 2.45) is 4.99 Å². The summed E-state index contributed by atoms with van der Waals surface area (Å²) >= 11 is 0. The van der Waals surface area contributed by atoms with Crippen molar-refractivity contribution in [1.29, 1.82) is 0 Å². The van der Waals surface area contributed by atoms with Crippen molar-refractivity contribution in [3.8, 4) is 5.75 Å². The highest BCUT2D eigenvalue weighted by atomic mass is 16.5. The van der Waals surface area contributed by atoms with Gasteiger partial charge in [-0.05, 0) is 50.3 Å². The number of fused-ring (bicyclic) bond motifs is 2. The predicted molar refractivity (Wildman–Crippen MR) is 107 cm³/mol.